The predicted molar refractivity (Wildman–Crippen MR) is 129 cm³/mol. The van der Waals surface area contributed by atoms with Crippen molar-refractivity contribution in [2.75, 3.05) is 29.2 Å². The Bertz CT molecular complexity index is 1070. The SMILES string of the molecule is CSCC[C@H](NC(=O)c1ccc2c(c1)CCN2)C(=O)Nc1nc(-c2ccccc2)cs1. The number of rotatable bonds is 8. The third-order valence-corrected chi connectivity index (χ3v) is 6.52. The lowest BCUT2D eigenvalue weighted by molar-refractivity contribution is -0.118. The molecule has 2 aromatic carbocycles. The summed E-state index contributed by atoms with van der Waals surface area (Å²) in [7, 11) is 0. The van der Waals surface area contributed by atoms with E-state index < -0.39 is 6.04 Å². The summed E-state index contributed by atoms with van der Waals surface area (Å²) in [6, 6.07) is 14.8. The van der Waals surface area contributed by atoms with Crippen molar-refractivity contribution in [1.29, 1.82) is 0 Å². The van der Waals surface area contributed by atoms with Gasteiger partial charge in [-0.2, -0.15) is 11.8 Å². The molecule has 31 heavy (non-hydrogen) atoms. The second-order valence-corrected chi connectivity index (χ2v) is 9.09. The van der Waals surface area contributed by atoms with E-state index in [-0.39, 0.29) is 11.8 Å². The minimum Gasteiger partial charge on any atom is -0.384 e. The van der Waals surface area contributed by atoms with Crippen LogP contribution in [0.3, 0.4) is 0 Å². The summed E-state index contributed by atoms with van der Waals surface area (Å²) in [5.74, 6) is 0.277. The summed E-state index contributed by atoms with van der Waals surface area (Å²) in [5.41, 5.74) is 4.60. The Morgan fingerprint density at radius 1 is 1.23 bits per heavy atom. The van der Waals surface area contributed by atoms with Crippen LogP contribution in [0.2, 0.25) is 0 Å². The lowest BCUT2D eigenvalue weighted by atomic mass is 10.1. The van der Waals surface area contributed by atoms with Gasteiger partial charge in [-0.1, -0.05) is 30.3 Å². The molecule has 1 atom stereocenters. The first-order valence-corrected chi connectivity index (χ1v) is 12.4. The van der Waals surface area contributed by atoms with E-state index in [2.05, 4.69) is 20.9 Å². The fourth-order valence-corrected chi connectivity index (χ4v) is 4.65. The summed E-state index contributed by atoms with van der Waals surface area (Å²) in [4.78, 5) is 30.3. The quantitative estimate of drug-likeness (QED) is 0.475. The molecule has 0 unspecified atom stereocenters. The van der Waals surface area contributed by atoms with Gasteiger partial charge in [0.05, 0.1) is 5.69 Å². The first kappa shape index (κ1) is 21.4. The van der Waals surface area contributed by atoms with Crippen molar-refractivity contribution >= 4 is 45.7 Å². The summed E-state index contributed by atoms with van der Waals surface area (Å²) in [5, 5.41) is 11.5. The molecule has 0 aliphatic carbocycles. The van der Waals surface area contributed by atoms with Gasteiger partial charge in [-0.05, 0) is 48.6 Å². The van der Waals surface area contributed by atoms with Crippen LogP contribution in [0.5, 0.6) is 0 Å². The Balaban J connectivity index is 1.44. The van der Waals surface area contributed by atoms with Gasteiger partial charge in [0, 0.05) is 28.7 Å². The number of fused-ring (bicyclic) bond motifs is 1. The van der Waals surface area contributed by atoms with Crippen molar-refractivity contribution in [2.45, 2.75) is 18.9 Å². The minimum atomic E-state index is -0.629. The number of aromatic nitrogens is 1. The van der Waals surface area contributed by atoms with Crippen LogP contribution >= 0.6 is 23.1 Å². The number of anilines is 2. The third-order valence-electron chi connectivity index (χ3n) is 5.11. The maximum atomic E-state index is 12.9. The van der Waals surface area contributed by atoms with Crippen molar-refractivity contribution in [2.24, 2.45) is 0 Å². The zero-order valence-corrected chi connectivity index (χ0v) is 18.8. The van der Waals surface area contributed by atoms with Gasteiger partial charge in [0.15, 0.2) is 5.13 Å². The van der Waals surface area contributed by atoms with E-state index >= 15 is 0 Å². The number of thiazole rings is 1. The lowest BCUT2D eigenvalue weighted by Gasteiger charge is -2.17. The zero-order valence-electron chi connectivity index (χ0n) is 17.2. The Morgan fingerprint density at radius 2 is 2.06 bits per heavy atom. The number of nitrogens with one attached hydrogen (secondary N) is 3. The summed E-state index contributed by atoms with van der Waals surface area (Å²) >= 11 is 3.02. The Kier molecular flexibility index (Phi) is 6.89. The topological polar surface area (TPSA) is 83.1 Å². The second-order valence-electron chi connectivity index (χ2n) is 7.25. The molecular formula is C23H24N4O2S2. The van der Waals surface area contributed by atoms with E-state index in [1.807, 2.05) is 54.1 Å². The summed E-state index contributed by atoms with van der Waals surface area (Å²) in [6.45, 7) is 0.887. The van der Waals surface area contributed by atoms with Gasteiger partial charge in [-0.3, -0.25) is 9.59 Å². The van der Waals surface area contributed by atoms with Crippen LogP contribution in [0.15, 0.2) is 53.9 Å². The molecule has 0 fully saturated rings. The van der Waals surface area contributed by atoms with Gasteiger partial charge in [-0.25, -0.2) is 4.98 Å². The van der Waals surface area contributed by atoms with Crippen LogP contribution in [0.1, 0.15) is 22.3 Å². The standard InChI is InChI=1S/C23H24N4O2S2/c1-30-12-10-19(25-21(28)17-7-8-18-16(13-17)9-11-24-18)22(29)27-23-26-20(14-31-23)15-5-3-2-4-6-15/h2-8,13-14,19,24H,9-12H2,1H3,(H,25,28)(H,26,27,29)/t19-/m0/s1. The molecule has 2 amide bonds. The van der Waals surface area contributed by atoms with Crippen molar-refractivity contribution < 1.29 is 9.59 Å². The number of thioether (sulfide) groups is 1. The highest BCUT2D eigenvalue weighted by atomic mass is 32.2. The molecule has 8 heteroatoms. The van der Waals surface area contributed by atoms with Gasteiger partial charge < -0.3 is 16.0 Å². The number of carbonyl (C=O) groups is 2. The molecule has 0 spiro atoms. The molecule has 0 saturated carbocycles. The maximum Gasteiger partial charge on any atom is 0.251 e. The number of nitrogens with zero attached hydrogens (tertiary/aromatic N) is 1. The van der Waals surface area contributed by atoms with Crippen LogP contribution in [-0.2, 0) is 11.2 Å². The molecular weight excluding hydrogens is 428 g/mol. The molecule has 1 aromatic heterocycles. The number of carbonyl (C=O) groups excluding carboxylic acids is 2. The highest BCUT2D eigenvalue weighted by Crippen LogP contribution is 2.25. The average Bonchev–Trinajstić information content (AvgIpc) is 3.46. The van der Waals surface area contributed by atoms with Crippen LogP contribution in [-0.4, -0.2) is 41.4 Å². The molecule has 3 aromatic rings. The molecule has 1 aliphatic heterocycles. The summed E-state index contributed by atoms with van der Waals surface area (Å²) in [6.07, 6.45) is 3.43. The Labute approximate surface area is 189 Å². The number of amides is 2. The average molecular weight is 453 g/mol. The van der Waals surface area contributed by atoms with Crippen LogP contribution in [0, 0.1) is 0 Å². The van der Waals surface area contributed by atoms with Crippen molar-refractivity contribution in [3.05, 3.63) is 65.0 Å². The molecule has 4 rings (SSSR count). The fourth-order valence-electron chi connectivity index (χ4n) is 3.46. The zero-order chi connectivity index (χ0) is 21.6. The maximum absolute atomic E-state index is 12.9. The molecule has 3 N–H and O–H groups in total. The first-order valence-electron chi connectivity index (χ1n) is 10.1. The highest BCUT2D eigenvalue weighted by molar-refractivity contribution is 7.98. The Hall–Kier alpha value is -2.84. The molecule has 1 aliphatic rings. The van der Waals surface area contributed by atoms with E-state index in [0.717, 1.165) is 41.2 Å². The van der Waals surface area contributed by atoms with E-state index in [1.165, 1.54) is 11.3 Å². The van der Waals surface area contributed by atoms with Crippen molar-refractivity contribution in [3.8, 4) is 11.3 Å². The molecule has 160 valence electrons. The van der Waals surface area contributed by atoms with Crippen LogP contribution in [0.25, 0.3) is 11.3 Å². The first-order chi connectivity index (χ1) is 15.1. The highest BCUT2D eigenvalue weighted by Gasteiger charge is 2.23. The van der Waals surface area contributed by atoms with Gasteiger partial charge in [-0.15, -0.1) is 11.3 Å². The number of hydrogen-bond acceptors (Lipinski definition) is 6. The molecule has 0 radical (unpaired) electrons. The van der Waals surface area contributed by atoms with Crippen LogP contribution < -0.4 is 16.0 Å². The fraction of sp³-hybridized carbons (Fsp3) is 0.261. The van der Waals surface area contributed by atoms with Gasteiger partial charge in [0.2, 0.25) is 5.91 Å². The number of hydrogen-bond donors (Lipinski definition) is 3. The largest absolute Gasteiger partial charge is 0.384 e. The number of benzene rings is 2. The smallest absolute Gasteiger partial charge is 0.251 e. The van der Waals surface area contributed by atoms with Gasteiger partial charge >= 0.3 is 0 Å². The van der Waals surface area contributed by atoms with E-state index in [9.17, 15) is 9.59 Å². The molecule has 0 bridgehead atoms. The van der Waals surface area contributed by atoms with Gasteiger partial charge in [0.25, 0.3) is 5.91 Å². The predicted octanol–water partition coefficient (Wildman–Crippen LogP) is 4.27. The van der Waals surface area contributed by atoms with Crippen molar-refractivity contribution in [1.82, 2.24) is 10.3 Å². The lowest BCUT2D eigenvalue weighted by Crippen LogP contribution is -2.44. The second kappa shape index (κ2) is 9.98. The normalized spacial score (nSPS) is 13.2. The monoisotopic (exact) mass is 452 g/mol. The Morgan fingerprint density at radius 3 is 2.87 bits per heavy atom. The summed E-state index contributed by atoms with van der Waals surface area (Å²) < 4.78 is 0. The third kappa shape index (κ3) is 5.26. The van der Waals surface area contributed by atoms with Gasteiger partial charge in [0.1, 0.15) is 6.04 Å². The van der Waals surface area contributed by atoms with E-state index in [4.69, 9.17) is 0 Å². The molecule has 2 heterocycles. The minimum absolute atomic E-state index is 0.236. The van der Waals surface area contributed by atoms with Crippen molar-refractivity contribution in [3.63, 3.8) is 0 Å². The van der Waals surface area contributed by atoms with E-state index in [0.29, 0.717) is 17.1 Å². The molecule has 0 saturated heterocycles. The van der Waals surface area contributed by atoms with Crippen LogP contribution in [0.4, 0.5) is 10.8 Å². The van der Waals surface area contributed by atoms with E-state index in [1.54, 1.807) is 17.8 Å². The molecule has 6 nitrogen and oxygen atoms in total.